The average molecular weight is 485 g/mol. The van der Waals surface area contributed by atoms with Crippen molar-refractivity contribution in [1.82, 2.24) is 0 Å². The van der Waals surface area contributed by atoms with E-state index in [2.05, 4.69) is 75.4 Å². The van der Waals surface area contributed by atoms with Crippen LogP contribution < -0.4 is 0 Å². The van der Waals surface area contributed by atoms with Crippen molar-refractivity contribution in [2.24, 2.45) is 0 Å². The first-order chi connectivity index (χ1) is 17.7. The summed E-state index contributed by atoms with van der Waals surface area (Å²) in [6, 6.07) is 17.7. The van der Waals surface area contributed by atoms with Crippen molar-refractivity contribution >= 4 is 11.4 Å². The van der Waals surface area contributed by atoms with E-state index in [9.17, 15) is 5.53 Å². The Morgan fingerprint density at radius 3 is 1.92 bits per heavy atom. The van der Waals surface area contributed by atoms with Crippen LogP contribution in [0.2, 0.25) is 0 Å². The number of unbranched alkanes of at least 4 members (excludes halogenated alkanes) is 9. The third-order valence-electron chi connectivity index (χ3n) is 7.44. The van der Waals surface area contributed by atoms with Crippen LogP contribution in [0.4, 0.5) is 0 Å². The summed E-state index contributed by atoms with van der Waals surface area (Å²) in [4.78, 5) is 0. The third-order valence-corrected chi connectivity index (χ3v) is 7.44. The second-order valence-electron chi connectivity index (χ2n) is 10.5. The maximum Gasteiger partial charge on any atom is 0.210 e. The quantitative estimate of drug-likeness (QED) is 0.158. The second-order valence-corrected chi connectivity index (χ2v) is 10.5. The summed E-state index contributed by atoms with van der Waals surface area (Å²) in [5.41, 5.74) is 19.5. The molecule has 1 heterocycles. The minimum atomic E-state index is 0.907. The largest absolute Gasteiger partial charge is 0.493 e. The first-order valence-corrected chi connectivity index (χ1v) is 14.8. The molecule has 0 aromatic heterocycles. The van der Waals surface area contributed by atoms with Gasteiger partial charge in [-0.25, -0.2) is 4.70 Å². The highest BCUT2D eigenvalue weighted by molar-refractivity contribution is 5.78. The maximum atomic E-state index is 11.4. The molecule has 0 radical (unpaired) electrons. The zero-order valence-corrected chi connectivity index (χ0v) is 23.2. The highest BCUT2D eigenvalue weighted by Crippen LogP contribution is 2.37. The van der Waals surface area contributed by atoms with Gasteiger partial charge in [0.05, 0.1) is 0 Å². The van der Waals surface area contributed by atoms with Crippen LogP contribution in [-0.2, 0) is 12.8 Å². The lowest BCUT2D eigenvalue weighted by Crippen LogP contribution is -2.03. The van der Waals surface area contributed by atoms with Gasteiger partial charge in [-0.1, -0.05) is 103 Å². The lowest BCUT2D eigenvalue weighted by molar-refractivity contribution is -0.344. The molecule has 0 saturated carbocycles. The van der Waals surface area contributed by atoms with Gasteiger partial charge in [-0.05, 0) is 73.9 Å². The molecular formula is C34H48N2. The van der Waals surface area contributed by atoms with Crippen molar-refractivity contribution in [2.75, 3.05) is 0 Å². The number of nitrogens with zero attached hydrogens (tertiary/aromatic N) is 2. The minimum absolute atomic E-state index is 0.907. The molecule has 3 rings (SSSR count). The van der Waals surface area contributed by atoms with Crippen LogP contribution in [0.5, 0.6) is 0 Å². The molecular weight excluding hydrogens is 436 g/mol. The summed E-state index contributed by atoms with van der Waals surface area (Å²) in [5.74, 6) is 0. The fourth-order valence-electron chi connectivity index (χ4n) is 5.20. The molecule has 0 saturated heterocycles. The van der Waals surface area contributed by atoms with Crippen LogP contribution >= 0.6 is 0 Å². The molecule has 2 aromatic rings. The molecule has 36 heavy (non-hydrogen) atoms. The molecule has 2 heteroatoms. The van der Waals surface area contributed by atoms with Crippen LogP contribution in [0.15, 0.2) is 60.2 Å². The molecule has 0 fully saturated rings. The van der Waals surface area contributed by atoms with E-state index in [1.54, 1.807) is 0 Å². The van der Waals surface area contributed by atoms with Gasteiger partial charge in [0.2, 0.25) is 11.4 Å². The predicted molar refractivity (Wildman–Crippen MR) is 156 cm³/mol. The van der Waals surface area contributed by atoms with Gasteiger partial charge in [-0.2, -0.15) is 0 Å². The molecule has 0 N–H and O–H groups in total. The number of aryl methyl sites for hydroxylation is 2. The van der Waals surface area contributed by atoms with Crippen LogP contribution in [-0.4, -0.2) is 4.70 Å². The van der Waals surface area contributed by atoms with Crippen molar-refractivity contribution in [3.8, 4) is 0 Å². The standard InChI is InChI=1S/C34H48N2/c1-4-7-10-12-13-14-18-28-22-24-30(25-23-28)34-32(20-15-11-8-5-2)27-33(36(34)35)31-21-16-19-29(26-31)17-9-6-3/h16,19,21-27H,4-15,17-18,20H2,1-3H3. The van der Waals surface area contributed by atoms with E-state index in [4.69, 9.17) is 0 Å². The fourth-order valence-corrected chi connectivity index (χ4v) is 5.20. The molecule has 2 nitrogen and oxygen atoms in total. The molecule has 0 atom stereocenters. The van der Waals surface area contributed by atoms with Gasteiger partial charge in [0.15, 0.2) is 0 Å². The molecule has 194 valence electrons. The summed E-state index contributed by atoms with van der Waals surface area (Å²) in [7, 11) is 0. The minimum Gasteiger partial charge on any atom is -0.493 e. The second kappa shape index (κ2) is 15.6. The van der Waals surface area contributed by atoms with E-state index in [1.807, 2.05) is 0 Å². The number of rotatable bonds is 17. The smallest absolute Gasteiger partial charge is 0.210 e. The molecule has 2 aromatic carbocycles. The molecule has 0 aliphatic carbocycles. The van der Waals surface area contributed by atoms with Crippen LogP contribution in [0.25, 0.3) is 16.9 Å². The van der Waals surface area contributed by atoms with Crippen molar-refractivity contribution in [3.63, 3.8) is 0 Å². The Balaban J connectivity index is 1.74. The lowest BCUT2D eigenvalue weighted by atomic mass is 9.99. The Labute approximate surface area is 221 Å². The van der Waals surface area contributed by atoms with Crippen molar-refractivity contribution in [1.29, 1.82) is 0 Å². The van der Waals surface area contributed by atoms with Crippen molar-refractivity contribution in [3.05, 3.63) is 88.0 Å². The van der Waals surface area contributed by atoms with E-state index >= 15 is 0 Å². The molecule has 0 bridgehead atoms. The number of allylic oxidation sites excluding steroid dienone is 2. The lowest BCUT2D eigenvalue weighted by Gasteiger charge is -2.11. The summed E-state index contributed by atoms with van der Waals surface area (Å²) in [6.45, 7) is 6.76. The van der Waals surface area contributed by atoms with Gasteiger partial charge in [0.25, 0.3) is 0 Å². The molecule has 0 spiro atoms. The van der Waals surface area contributed by atoms with Gasteiger partial charge in [0, 0.05) is 22.8 Å². The summed E-state index contributed by atoms with van der Waals surface area (Å²) < 4.78 is 1.46. The molecule has 0 unspecified atom stereocenters. The zero-order chi connectivity index (χ0) is 25.6. The normalized spacial score (nSPS) is 13.5. The Kier molecular flexibility index (Phi) is 12.2. The van der Waals surface area contributed by atoms with Gasteiger partial charge < -0.3 is 5.53 Å². The average Bonchev–Trinajstić information content (AvgIpc) is 3.23. The van der Waals surface area contributed by atoms with E-state index < -0.39 is 0 Å². The van der Waals surface area contributed by atoms with Crippen molar-refractivity contribution in [2.45, 2.75) is 117 Å². The Morgan fingerprint density at radius 2 is 1.19 bits per heavy atom. The summed E-state index contributed by atoms with van der Waals surface area (Å²) in [5, 5.41) is 0. The zero-order valence-electron chi connectivity index (χ0n) is 23.2. The van der Waals surface area contributed by atoms with Gasteiger partial charge >= 0.3 is 0 Å². The topological polar surface area (TPSA) is 25.3 Å². The Bertz CT molecular complexity index is 1010. The van der Waals surface area contributed by atoms with Crippen LogP contribution in [0, 0.1) is 0 Å². The van der Waals surface area contributed by atoms with Gasteiger partial charge in [0.1, 0.15) is 0 Å². The SMILES string of the molecule is CCCCCCCCc1ccc(C2=C(CCCCCC)C=C(c3cccc(CCCC)c3)[N+]2=[N-])cc1. The highest BCUT2D eigenvalue weighted by Gasteiger charge is 2.28. The van der Waals surface area contributed by atoms with Gasteiger partial charge in [-0.15, -0.1) is 0 Å². The molecule has 0 amide bonds. The van der Waals surface area contributed by atoms with Gasteiger partial charge in [-0.3, -0.25) is 0 Å². The first-order valence-electron chi connectivity index (χ1n) is 14.8. The fraction of sp³-hybridized carbons (Fsp3) is 0.529. The van der Waals surface area contributed by atoms with E-state index in [0.29, 0.717) is 0 Å². The third kappa shape index (κ3) is 8.29. The Hall–Kier alpha value is -2.48. The monoisotopic (exact) mass is 484 g/mol. The van der Waals surface area contributed by atoms with E-state index in [0.717, 1.165) is 48.2 Å². The van der Waals surface area contributed by atoms with E-state index in [-0.39, 0.29) is 0 Å². The first kappa shape index (κ1) is 28.1. The number of hydrogen-bond donors (Lipinski definition) is 0. The molecule has 1 aliphatic rings. The summed E-state index contributed by atoms with van der Waals surface area (Å²) >= 11 is 0. The number of benzene rings is 2. The number of hydrogen-bond acceptors (Lipinski definition) is 0. The van der Waals surface area contributed by atoms with E-state index in [1.165, 1.54) is 92.0 Å². The maximum absolute atomic E-state index is 11.4. The molecule has 1 aliphatic heterocycles. The predicted octanol–water partition coefficient (Wildman–Crippen LogP) is 10.7. The van der Waals surface area contributed by atoms with Crippen LogP contribution in [0.1, 0.15) is 126 Å². The Morgan fingerprint density at radius 1 is 0.583 bits per heavy atom. The van der Waals surface area contributed by atoms with Crippen LogP contribution in [0.3, 0.4) is 0 Å². The van der Waals surface area contributed by atoms with Crippen molar-refractivity contribution < 1.29 is 4.70 Å². The summed E-state index contributed by atoms with van der Waals surface area (Å²) in [6.07, 6.45) is 20.8. The highest BCUT2D eigenvalue weighted by atomic mass is 15.2.